The molecule has 5 nitrogen and oxygen atoms in total. The summed E-state index contributed by atoms with van der Waals surface area (Å²) in [5.74, 6) is -0.00762. The van der Waals surface area contributed by atoms with Gasteiger partial charge in [0.2, 0.25) is 11.8 Å². The van der Waals surface area contributed by atoms with Crippen molar-refractivity contribution in [2.45, 2.75) is 19.9 Å². The number of nitrogens with zero attached hydrogens (tertiary/aromatic N) is 2. The molecule has 2 aromatic rings. The molecule has 1 aliphatic heterocycles. The molecule has 28 heavy (non-hydrogen) atoms. The molecule has 0 atom stereocenters. The van der Waals surface area contributed by atoms with Gasteiger partial charge in [0.25, 0.3) is 0 Å². The predicted molar refractivity (Wildman–Crippen MR) is 112 cm³/mol. The number of benzene rings is 2. The number of anilines is 1. The number of carbonyl (C=O) groups excluding carboxylic acids is 2. The van der Waals surface area contributed by atoms with Gasteiger partial charge in [-0.05, 0) is 36.3 Å². The Labute approximate surface area is 166 Å². The summed E-state index contributed by atoms with van der Waals surface area (Å²) in [7, 11) is 0. The molecule has 0 aromatic heterocycles. The Bertz CT molecular complexity index is 837. The van der Waals surface area contributed by atoms with Gasteiger partial charge in [-0.3, -0.25) is 14.5 Å². The number of piperazine rings is 1. The zero-order valence-electron chi connectivity index (χ0n) is 16.4. The summed E-state index contributed by atoms with van der Waals surface area (Å²) >= 11 is 0. The molecule has 1 heterocycles. The highest BCUT2D eigenvalue weighted by Gasteiger charge is 2.19. The van der Waals surface area contributed by atoms with Crippen LogP contribution in [-0.2, 0) is 22.6 Å². The van der Waals surface area contributed by atoms with Crippen molar-refractivity contribution in [3.63, 3.8) is 0 Å². The summed E-state index contributed by atoms with van der Waals surface area (Å²) in [6.45, 7) is 9.59. The van der Waals surface area contributed by atoms with Gasteiger partial charge in [0.1, 0.15) is 0 Å². The van der Waals surface area contributed by atoms with Crippen LogP contribution in [0.3, 0.4) is 0 Å². The third-order valence-electron chi connectivity index (χ3n) is 4.95. The van der Waals surface area contributed by atoms with Crippen LogP contribution >= 0.6 is 0 Å². The molecule has 0 aliphatic carbocycles. The van der Waals surface area contributed by atoms with E-state index >= 15 is 0 Å². The Morgan fingerprint density at radius 1 is 1.04 bits per heavy atom. The largest absolute Gasteiger partial charge is 0.337 e. The van der Waals surface area contributed by atoms with E-state index in [-0.39, 0.29) is 11.8 Å². The standard InChI is InChI=1S/C23H27N3O2/c1-3-23(28)26-13-11-25(12-14-26)17-19-7-9-21(10-8-19)24-22(27)16-20-6-4-5-18(2)15-20/h3-10,15H,1,11-14,16-17H2,2H3,(H,24,27). The Morgan fingerprint density at radius 2 is 1.75 bits per heavy atom. The summed E-state index contributed by atoms with van der Waals surface area (Å²) in [5, 5.41) is 2.96. The first-order valence-corrected chi connectivity index (χ1v) is 9.61. The van der Waals surface area contributed by atoms with Gasteiger partial charge >= 0.3 is 0 Å². The van der Waals surface area contributed by atoms with Gasteiger partial charge < -0.3 is 10.2 Å². The lowest BCUT2D eigenvalue weighted by Crippen LogP contribution is -2.47. The second kappa shape index (κ2) is 9.33. The van der Waals surface area contributed by atoms with Gasteiger partial charge in [-0.1, -0.05) is 48.5 Å². The van der Waals surface area contributed by atoms with Gasteiger partial charge in [0, 0.05) is 38.4 Å². The lowest BCUT2D eigenvalue weighted by molar-refractivity contribution is -0.127. The van der Waals surface area contributed by atoms with Crippen molar-refractivity contribution in [2.75, 3.05) is 31.5 Å². The molecule has 1 saturated heterocycles. The summed E-state index contributed by atoms with van der Waals surface area (Å²) < 4.78 is 0. The highest BCUT2D eigenvalue weighted by Crippen LogP contribution is 2.14. The van der Waals surface area contributed by atoms with Gasteiger partial charge in [-0.2, -0.15) is 0 Å². The van der Waals surface area contributed by atoms with Crippen LogP contribution in [0.1, 0.15) is 16.7 Å². The Balaban J connectivity index is 1.48. The lowest BCUT2D eigenvalue weighted by Gasteiger charge is -2.34. The van der Waals surface area contributed by atoms with E-state index in [0.717, 1.165) is 49.5 Å². The summed E-state index contributed by atoms with van der Waals surface area (Å²) in [4.78, 5) is 28.1. The van der Waals surface area contributed by atoms with Crippen molar-refractivity contribution in [3.8, 4) is 0 Å². The van der Waals surface area contributed by atoms with E-state index in [4.69, 9.17) is 0 Å². The van der Waals surface area contributed by atoms with Gasteiger partial charge in [-0.15, -0.1) is 0 Å². The van der Waals surface area contributed by atoms with Crippen LogP contribution in [0.2, 0.25) is 0 Å². The highest BCUT2D eigenvalue weighted by molar-refractivity contribution is 5.92. The lowest BCUT2D eigenvalue weighted by atomic mass is 10.1. The molecule has 1 fully saturated rings. The molecular weight excluding hydrogens is 350 g/mol. The molecule has 3 rings (SSSR count). The maximum Gasteiger partial charge on any atom is 0.246 e. The zero-order chi connectivity index (χ0) is 19.9. The summed E-state index contributed by atoms with van der Waals surface area (Å²) in [6.07, 6.45) is 1.75. The van der Waals surface area contributed by atoms with Crippen LogP contribution in [0.25, 0.3) is 0 Å². The quantitative estimate of drug-likeness (QED) is 0.788. The van der Waals surface area contributed by atoms with E-state index in [1.807, 2.05) is 60.4 Å². The number of rotatable bonds is 6. The minimum atomic E-state index is -0.0126. The fourth-order valence-electron chi connectivity index (χ4n) is 3.42. The average Bonchev–Trinajstić information content (AvgIpc) is 2.69. The van der Waals surface area contributed by atoms with Crippen LogP contribution in [-0.4, -0.2) is 47.8 Å². The highest BCUT2D eigenvalue weighted by atomic mass is 16.2. The third-order valence-corrected chi connectivity index (χ3v) is 4.95. The number of amides is 2. The predicted octanol–water partition coefficient (Wildman–Crippen LogP) is 3.01. The summed E-state index contributed by atoms with van der Waals surface area (Å²) in [5.41, 5.74) is 4.18. The minimum absolute atomic E-state index is 0.00501. The maximum absolute atomic E-state index is 12.2. The Hall–Kier alpha value is -2.92. The third kappa shape index (κ3) is 5.54. The van der Waals surface area contributed by atoms with Crippen LogP contribution in [0, 0.1) is 6.92 Å². The van der Waals surface area contributed by atoms with E-state index in [0.29, 0.717) is 6.42 Å². The summed E-state index contributed by atoms with van der Waals surface area (Å²) in [6, 6.07) is 16.0. The molecule has 1 N–H and O–H groups in total. The molecule has 5 heteroatoms. The SMILES string of the molecule is C=CC(=O)N1CCN(Cc2ccc(NC(=O)Cc3cccc(C)c3)cc2)CC1. The van der Waals surface area contributed by atoms with Crippen LogP contribution in [0.15, 0.2) is 61.2 Å². The van der Waals surface area contributed by atoms with Gasteiger partial charge in [-0.25, -0.2) is 0 Å². The van der Waals surface area contributed by atoms with E-state index < -0.39 is 0 Å². The molecule has 0 unspecified atom stereocenters. The molecule has 0 radical (unpaired) electrons. The van der Waals surface area contributed by atoms with E-state index in [1.54, 1.807) is 0 Å². The Morgan fingerprint density at radius 3 is 2.39 bits per heavy atom. The van der Waals surface area contributed by atoms with Crippen molar-refractivity contribution in [1.82, 2.24) is 9.80 Å². The molecule has 0 saturated carbocycles. The fourth-order valence-corrected chi connectivity index (χ4v) is 3.42. The number of nitrogens with one attached hydrogen (secondary N) is 1. The topological polar surface area (TPSA) is 52.7 Å². The zero-order valence-corrected chi connectivity index (χ0v) is 16.4. The maximum atomic E-state index is 12.2. The molecule has 0 spiro atoms. The molecule has 146 valence electrons. The van der Waals surface area contributed by atoms with Crippen LogP contribution in [0.4, 0.5) is 5.69 Å². The monoisotopic (exact) mass is 377 g/mol. The molecule has 2 amide bonds. The number of hydrogen-bond acceptors (Lipinski definition) is 3. The van der Waals surface area contributed by atoms with Gasteiger partial charge in [0.15, 0.2) is 0 Å². The number of carbonyl (C=O) groups is 2. The van der Waals surface area contributed by atoms with Crippen LogP contribution in [0.5, 0.6) is 0 Å². The van der Waals surface area contributed by atoms with E-state index in [1.165, 1.54) is 11.6 Å². The molecular formula is C23H27N3O2. The molecule has 2 aromatic carbocycles. The van der Waals surface area contributed by atoms with Gasteiger partial charge in [0.05, 0.1) is 6.42 Å². The number of aryl methyl sites for hydroxylation is 1. The second-order valence-corrected chi connectivity index (χ2v) is 7.22. The first kappa shape index (κ1) is 19.8. The van der Waals surface area contributed by atoms with E-state index in [2.05, 4.69) is 16.8 Å². The Kier molecular flexibility index (Phi) is 6.61. The first-order chi connectivity index (χ1) is 13.5. The van der Waals surface area contributed by atoms with Crippen molar-refractivity contribution in [1.29, 1.82) is 0 Å². The normalized spacial score (nSPS) is 14.5. The van der Waals surface area contributed by atoms with Crippen molar-refractivity contribution < 1.29 is 9.59 Å². The second-order valence-electron chi connectivity index (χ2n) is 7.22. The van der Waals surface area contributed by atoms with Crippen molar-refractivity contribution in [2.24, 2.45) is 0 Å². The van der Waals surface area contributed by atoms with Crippen molar-refractivity contribution in [3.05, 3.63) is 77.9 Å². The number of hydrogen-bond donors (Lipinski definition) is 1. The van der Waals surface area contributed by atoms with Crippen molar-refractivity contribution >= 4 is 17.5 Å². The smallest absolute Gasteiger partial charge is 0.246 e. The average molecular weight is 377 g/mol. The minimum Gasteiger partial charge on any atom is -0.337 e. The first-order valence-electron chi connectivity index (χ1n) is 9.61. The molecule has 0 bridgehead atoms. The molecule has 1 aliphatic rings. The van der Waals surface area contributed by atoms with E-state index in [9.17, 15) is 9.59 Å². The van der Waals surface area contributed by atoms with Crippen LogP contribution < -0.4 is 5.32 Å². The fraction of sp³-hybridized carbons (Fsp3) is 0.304.